The summed E-state index contributed by atoms with van der Waals surface area (Å²) < 4.78 is 4.82. The second kappa shape index (κ2) is 11.6. The molecule has 0 fully saturated rings. The van der Waals surface area contributed by atoms with Crippen molar-refractivity contribution in [3.05, 3.63) is 64.7 Å². The molecule has 2 amide bonds. The lowest BCUT2D eigenvalue weighted by Gasteiger charge is -2.11. The highest BCUT2D eigenvalue weighted by Gasteiger charge is 2.08. The zero-order chi connectivity index (χ0) is 21.9. The van der Waals surface area contributed by atoms with Gasteiger partial charge in [0.05, 0.1) is 19.7 Å². The summed E-state index contributed by atoms with van der Waals surface area (Å²) in [5.41, 5.74) is 2.93. The molecule has 2 aromatic carbocycles. The molecule has 158 valence electrons. The zero-order valence-electron chi connectivity index (χ0n) is 16.8. The molecule has 3 N–H and O–H groups in total. The molecule has 0 aromatic heterocycles. The van der Waals surface area contributed by atoms with E-state index in [0.717, 1.165) is 16.8 Å². The van der Waals surface area contributed by atoms with Crippen LogP contribution in [0.3, 0.4) is 0 Å². The van der Waals surface area contributed by atoms with Gasteiger partial charge in [-0.25, -0.2) is 4.79 Å². The van der Waals surface area contributed by atoms with Crippen molar-refractivity contribution in [2.45, 2.75) is 13.8 Å². The van der Waals surface area contributed by atoms with E-state index in [1.54, 1.807) is 62.4 Å². The predicted molar refractivity (Wildman–Crippen MR) is 118 cm³/mol. The number of carbonyl (C=O) groups excluding carboxylic acids is 3. The maximum Gasteiger partial charge on any atom is 0.330 e. The van der Waals surface area contributed by atoms with Crippen LogP contribution in [0, 0.1) is 6.92 Å². The standard InChI is InChI=1S/C22H24ClN3O4/c1-3-30-22(29)12-9-16-7-10-17(11-8-16)24-13-20(27)25-14-21(28)26-19-6-4-5-18(23)15(19)2/h4-12,24H,3,13-14H2,1-2H3,(H,25,27)(H,26,28)/b12-9+. The van der Waals surface area contributed by atoms with Crippen molar-refractivity contribution < 1.29 is 19.1 Å². The molecule has 2 rings (SSSR count). The van der Waals surface area contributed by atoms with Gasteiger partial charge in [-0.2, -0.15) is 0 Å². The van der Waals surface area contributed by atoms with Crippen LogP contribution in [-0.4, -0.2) is 37.5 Å². The molecule has 0 aliphatic heterocycles. The third-order valence-electron chi connectivity index (χ3n) is 4.05. The summed E-state index contributed by atoms with van der Waals surface area (Å²) in [6.45, 7) is 3.74. The molecule has 0 saturated heterocycles. The Labute approximate surface area is 180 Å². The van der Waals surface area contributed by atoms with Gasteiger partial charge in [-0.1, -0.05) is 29.8 Å². The molecule has 7 nitrogen and oxygen atoms in total. The highest BCUT2D eigenvalue weighted by Crippen LogP contribution is 2.22. The first kappa shape index (κ1) is 23.0. The van der Waals surface area contributed by atoms with Crippen molar-refractivity contribution in [3.63, 3.8) is 0 Å². The third-order valence-corrected chi connectivity index (χ3v) is 4.46. The Kier molecular flexibility index (Phi) is 8.90. The Hall–Kier alpha value is -3.32. The zero-order valence-corrected chi connectivity index (χ0v) is 17.6. The summed E-state index contributed by atoms with van der Waals surface area (Å²) in [5, 5.41) is 8.80. The average Bonchev–Trinajstić information content (AvgIpc) is 2.73. The van der Waals surface area contributed by atoms with Gasteiger partial charge in [-0.05, 0) is 55.3 Å². The van der Waals surface area contributed by atoms with Gasteiger partial charge in [-0.3, -0.25) is 9.59 Å². The number of hydrogen-bond donors (Lipinski definition) is 3. The fourth-order valence-corrected chi connectivity index (χ4v) is 2.60. The molecule has 0 saturated carbocycles. The van der Waals surface area contributed by atoms with E-state index in [1.807, 2.05) is 0 Å². The number of nitrogens with one attached hydrogen (secondary N) is 3. The van der Waals surface area contributed by atoms with Crippen LogP contribution in [0.5, 0.6) is 0 Å². The maximum absolute atomic E-state index is 12.0. The minimum Gasteiger partial charge on any atom is -0.463 e. The minimum atomic E-state index is -0.397. The van der Waals surface area contributed by atoms with E-state index in [0.29, 0.717) is 17.3 Å². The van der Waals surface area contributed by atoms with E-state index >= 15 is 0 Å². The topological polar surface area (TPSA) is 96.5 Å². The summed E-state index contributed by atoms with van der Waals surface area (Å²) in [7, 11) is 0. The number of amides is 2. The molecule has 8 heteroatoms. The van der Waals surface area contributed by atoms with Crippen molar-refractivity contribution >= 4 is 46.8 Å². The molecule has 2 aromatic rings. The molecule has 0 aliphatic rings. The summed E-state index contributed by atoms with van der Waals surface area (Å²) >= 11 is 6.02. The number of rotatable bonds is 9. The number of ether oxygens (including phenoxy) is 1. The van der Waals surface area contributed by atoms with Gasteiger partial charge in [0.15, 0.2) is 0 Å². The van der Waals surface area contributed by atoms with Gasteiger partial charge in [0.25, 0.3) is 0 Å². The maximum atomic E-state index is 12.0. The molecule has 0 heterocycles. The minimum absolute atomic E-state index is 0.0154. The molecule has 0 bridgehead atoms. The van der Waals surface area contributed by atoms with Crippen LogP contribution in [0.2, 0.25) is 5.02 Å². The first-order valence-corrected chi connectivity index (χ1v) is 9.77. The molecule has 0 atom stereocenters. The predicted octanol–water partition coefficient (Wildman–Crippen LogP) is 3.39. The summed E-state index contributed by atoms with van der Waals surface area (Å²) in [6, 6.07) is 12.4. The van der Waals surface area contributed by atoms with Gasteiger partial charge in [0.2, 0.25) is 11.8 Å². The van der Waals surface area contributed by atoms with Crippen LogP contribution in [0.15, 0.2) is 48.5 Å². The van der Waals surface area contributed by atoms with Crippen molar-refractivity contribution in [1.29, 1.82) is 0 Å². The van der Waals surface area contributed by atoms with Crippen LogP contribution in [0.4, 0.5) is 11.4 Å². The van der Waals surface area contributed by atoms with E-state index < -0.39 is 5.97 Å². The van der Waals surface area contributed by atoms with Crippen LogP contribution < -0.4 is 16.0 Å². The largest absolute Gasteiger partial charge is 0.463 e. The highest BCUT2D eigenvalue weighted by molar-refractivity contribution is 6.31. The Morgan fingerprint density at radius 2 is 1.77 bits per heavy atom. The number of esters is 1. The lowest BCUT2D eigenvalue weighted by molar-refractivity contribution is -0.137. The van der Waals surface area contributed by atoms with Gasteiger partial charge < -0.3 is 20.7 Å². The molecule has 0 unspecified atom stereocenters. The molecule has 0 radical (unpaired) electrons. The van der Waals surface area contributed by atoms with E-state index in [-0.39, 0.29) is 24.9 Å². The second-order valence-corrected chi connectivity index (χ2v) is 6.71. The van der Waals surface area contributed by atoms with Crippen LogP contribution >= 0.6 is 11.6 Å². The van der Waals surface area contributed by atoms with E-state index in [9.17, 15) is 14.4 Å². The fraction of sp³-hybridized carbons (Fsp3) is 0.227. The Bertz CT molecular complexity index is 926. The molecular weight excluding hydrogens is 406 g/mol. The molecule has 0 spiro atoms. The van der Waals surface area contributed by atoms with Crippen molar-refractivity contribution in [1.82, 2.24) is 5.32 Å². The van der Waals surface area contributed by atoms with Crippen molar-refractivity contribution in [2.24, 2.45) is 0 Å². The quantitative estimate of drug-likeness (QED) is 0.419. The summed E-state index contributed by atoms with van der Waals surface area (Å²) in [5.74, 6) is -1.06. The highest BCUT2D eigenvalue weighted by atomic mass is 35.5. The number of hydrogen-bond acceptors (Lipinski definition) is 5. The average molecular weight is 430 g/mol. The Balaban J connectivity index is 1.74. The molecule has 30 heavy (non-hydrogen) atoms. The van der Waals surface area contributed by atoms with Crippen LogP contribution in [0.1, 0.15) is 18.1 Å². The normalized spacial score (nSPS) is 10.5. The Morgan fingerprint density at radius 1 is 1.03 bits per heavy atom. The lowest BCUT2D eigenvalue weighted by Crippen LogP contribution is -2.36. The lowest BCUT2D eigenvalue weighted by atomic mass is 10.2. The second-order valence-electron chi connectivity index (χ2n) is 6.30. The number of halogens is 1. The van der Waals surface area contributed by atoms with Crippen molar-refractivity contribution in [3.8, 4) is 0 Å². The molecule has 0 aliphatic carbocycles. The summed E-state index contributed by atoms with van der Waals surface area (Å²) in [6.07, 6.45) is 3.00. The van der Waals surface area contributed by atoms with E-state index in [1.165, 1.54) is 6.08 Å². The van der Waals surface area contributed by atoms with Gasteiger partial charge in [0.1, 0.15) is 0 Å². The van der Waals surface area contributed by atoms with Crippen molar-refractivity contribution in [2.75, 3.05) is 30.3 Å². The smallest absolute Gasteiger partial charge is 0.330 e. The van der Waals surface area contributed by atoms with E-state index in [2.05, 4.69) is 16.0 Å². The van der Waals surface area contributed by atoms with Crippen LogP contribution in [-0.2, 0) is 19.1 Å². The number of benzene rings is 2. The first-order chi connectivity index (χ1) is 14.4. The Morgan fingerprint density at radius 3 is 2.47 bits per heavy atom. The SMILES string of the molecule is CCOC(=O)/C=C/c1ccc(NCC(=O)NCC(=O)Nc2cccc(Cl)c2C)cc1. The third kappa shape index (κ3) is 7.60. The number of carbonyl (C=O) groups is 3. The fourth-order valence-electron chi connectivity index (χ4n) is 2.43. The molecular formula is C22H24ClN3O4. The monoisotopic (exact) mass is 429 g/mol. The van der Waals surface area contributed by atoms with Gasteiger partial charge in [0, 0.05) is 22.5 Å². The van der Waals surface area contributed by atoms with Gasteiger partial charge in [-0.15, -0.1) is 0 Å². The first-order valence-electron chi connectivity index (χ1n) is 9.39. The van der Waals surface area contributed by atoms with Gasteiger partial charge >= 0.3 is 5.97 Å². The van der Waals surface area contributed by atoms with E-state index in [4.69, 9.17) is 16.3 Å². The summed E-state index contributed by atoms with van der Waals surface area (Å²) in [4.78, 5) is 35.3. The van der Waals surface area contributed by atoms with Crippen LogP contribution in [0.25, 0.3) is 6.08 Å². The number of anilines is 2.